The van der Waals surface area contributed by atoms with Gasteiger partial charge in [0.1, 0.15) is 5.75 Å². The number of hydrogen-bond acceptors (Lipinski definition) is 4. The highest BCUT2D eigenvalue weighted by Gasteiger charge is 2.13. The molecule has 176 valence electrons. The van der Waals surface area contributed by atoms with Gasteiger partial charge in [-0.25, -0.2) is 4.98 Å². The number of benzene rings is 2. The first-order valence-corrected chi connectivity index (χ1v) is 12.4. The van der Waals surface area contributed by atoms with E-state index >= 15 is 0 Å². The second kappa shape index (κ2) is 13.5. The van der Waals surface area contributed by atoms with E-state index < -0.39 is 0 Å². The Labute approximate surface area is 199 Å². The lowest BCUT2D eigenvalue weighted by Gasteiger charge is -2.22. The first kappa shape index (κ1) is 26.2. The third-order valence-electron chi connectivity index (χ3n) is 5.84. The molecule has 2 aromatic carbocycles. The molecule has 0 aliphatic heterocycles. The number of unbranched alkanes of at least 4 members (excludes halogenated alkanes) is 1. The Balaban J connectivity index is 0.000000837. The number of ether oxygens (including phenoxy) is 1. The Morgan fingerprint density at radius 3 is 2.31 bits per heavy atom. The number of nitrogens with one attached hydrogen (secondary N) is 1. The Bertz CT molecular complexity index is 970. The topological polar surface area (TPSA) is 37.4 Å². The van der Waals surface area contributed by atoms with E-state index in [-0.39, 0.29) is 0 Å². The summed E-state index contributed by atoms with van der Waals surface area (Å²) in [4.78, 5) is 7.27. The van der Waals surface area contributed by atoms with Crippen LogP contribution in [-0.2, 0) is 0 Å². The number of fused-ring (bicyclic) bond motifs is 2. The van der Waals surface area contributed by atoms with Crippen LogP contribution in [0.15, 0.2) is 36.4 Å². The van der Waals surface area contributed by atoms with Crippen molar-refractivity contribution in [2.24, 2.45) is 0 Å². The van der Waals surface area contributed by atoms with Gasteiger partial charge in [-0.3, -0.25) is 0 Å². The number of aromatic nitrogens is 1. The number of pyridine rings is 1. The summed E-state index contributed by atoms with van der Waals surface area (Å²) in [6, 6.07) is 12.3. The van der Waals surface area contributed by atoms with Gasteiger partial charge < -0.3 is 15.0 Å². The van der Waals surface area contributed by atoms with Crippen molar-refractivity contribution in [1.29, 1.82) is 0 Å². The van der Waals surface area contributed by atoms with Crippen molar-refractivity contribution < 1.29 is 4.74 Å². The smallest absolute Gasteiger partial charge is 0.119 e. The maximum absolute atomic E-state index is 6.22. The molecule has 3 rings (SSSR count). The van der Waals surface area contributed by atoms with Crippen LogP contribution in [0.25, 0.3) is 21.8 Å². The van der Waals surface area contributed by atoms with Gasteiger partial charge in [0, 0.05) is 21.8 Å². The third kappa shape index (κ3) is 7.25. The van der Waals surface area contributed by atoms with Gasteiger partial charge in [-0.15, -0.1) is 0 Å². The average molecular weight is 458 g/mol. The summed E-state index contributed by atoms with van der Waals surface area (Å²) in [6.07, 6.45) is 4.92. The van der Waals surface area contributed by atoms with E-state index in [2.05, 4.69) is 57.0 Å². The van der Waals surface area contributed by atoms with Crippen LogP contribution in [0, 0.1) is 0 Å². The number of hydrogen-bond donors (Lipinski definition) is 1. The van der Waals surface area contributed by atoms with E-state index in [9.17, 15) is 0 Å². The number of methoxy groups -OCH3 is 1. The average Bonchev–Trinajstić information content (AvgIpc) is 2.81. The van der Waals surface area contributed by atoms with Crippen LogP contribution >= 0.6 is 11.6 Å². The molecule has 4 nitrogen and oxygen atoms in total. The van der Waals surface area contributed by atoms with Crippen LogP contribution in [0.4, 0.5) is 5.69 Å². The normalized spacial score (nSPS) is 12.0. The molecule has 0 fully saturated rings. The largest absolute Gasteiger partial charge is 0.497 e. The zero-order chi connectivity index (χ0) is 23.5. The first-order chi connectivity index (χ1) is 15.5. The quantitative estimate of drug-likeness (QED) is 0.315. The molecule has 0 aliphatic carbocycles. The summed E-state index contributed by atoms with van der Waals surface area (Å²) in [5.74, 6) is 0.833. The zero-order valence-electron chi connectivity index (χ0n) is 20.7. The van der Waals surface area contributed by atoms with Gasteiger partial charge in [0.25, 0.3) is 0 Å². The van der Waals surface area contributed by atoms with Gasteiger partial charge in [0.15, 0.2) is 0 Å². The number of halogens is 1. The van der Waals surface area contributed by atoms with E-state index in [0.717, 1.165) is 59.3 Å². The van der Waals surface area contributed by atoms with E-state index in [0.29, 0.717) is 11.1 Å². The van der Waals surface area contributed by atoms with Crippen molar-refractivity contribution >= 4 is 39.1 Å². The number of anilines is 1. The van der Waals surface area contributed by atoms with Gasteiger partial charge in [0.2, 0.25) is 0 Å². The molecule has 0 amide bonds. The Morgan fingerprint density at radius 2 is 1.69 bits per heavy atom. The van der Waals surface area contributed by atoms with E-state index in [1.807, 2.05) is 24.3 Å². The molecule has 0 saturated carbocycles. The molecule has 0 bridgehead atoms. The van der Waals surface area contributed by atoms with Gasteiger partial charge in [-0.1, -0.05) is 52.1 Å². The molecule has 1 atom stereocenters. The molecule has 3 aromatic rings. The second-order valence-corrected chi connectivity index (χ2v) is 8.68. The maximum Gasteiger partial charge on any atom is 0.119 e. The summed E-state index contributed by atoms with van der Waals surface area (Å²) < 4.78 is 5.45. The molecule has 0 radical (unpaired) electrons. The van der Waals surface area contributed by atoms with Gasteiger partial charge in [-0.2, -0.15) is 0 Å². The van der Waals surface area contributed by atoms with E-state index in [1.54, 1.807) is 7.11 Å². The summed E-state index contributed by atoms with van der Waals surface area (Å²) in [5.41, 5.74) is 2.95. The molecule has 1 unspecified atom stereocenters. The van der Waals surface area contributed by atoms with Gasteiger partial charge in [0.05, 0.1) is 23.8 Å². The van der Waals surface area contributed by atoms with E-state index in [4.69, 9.17) is 21.3 Å². The molecule has 5 heteroatoms. The summed E-state index contributed by atoms with van der Waals surface area (Å²) in [6.45, 7) is 14.4. The van der Waals surface area contributed by atoms with Crippen LogP contribution < -0.4 is 10.1 Å². The lowest BCUT2D eigenvalue weighted by atomic mass is 10.1. The summed E-state index contributed by atoms with van der Waals surface area (Å²) in [7, 11) is 1.69. The fourth-order valence-corrected chi connectivity index (χ4v) is 3.82. The standard InChI is InChI=1S/C23H30ClN3O.C4H10/c1-5-27(6-2)13-7-8-16(3)25-23-19-11-9-17(24)14-22(19)26-21-12-10-18(28-4)15-20(21)23;1-3-4-2/h9-12,14-16H,5-8,13H2,1-4H3,(H,25,26);3-4H2,1-2H3. The third-order valence-corrected chi connectivity index (χ3v) is 6.07. The van der Waals surface area contributed by atoms with Gasteiger partial charge in [-0.05, 0) is 75.8 Å². The van der Waals surface area contributed by atoms with Crippen LogP contribution in [0.1, 0.15) is 60.3 Å². The van der Waals surface area contributed by atoms with Crippen LogP contribution in [0.5, 0.6) is 5.75 Å². The van der Waals surface area contributed by atoms with Crippen LogP contribution in [0.2, 0.25) is 5.02 Å². The minimum atomic E-state index is 0.353. The van der Waals surface area contributed by atoms with Crippen molar-refractivity contribution in [2.75, 3.05) is 32.1 Å². The fourth-order valence-electron chi connectivity index (χ4n) is 3.66. The van der Waals surface area contributed by atoms with Crippen molar-refractivity contribution in [2.45, 2.75) is 66.3 Å². The molecule has 0 saturated heterocycles. The highest BCUT2D eigenvalue weighted by Crippen LogP contribution is 2.34. The summed E-state index contributed by atoms with van der Waals surface area (Å²) >= 11 is 6.22. The fraction of sp³-hybridized carbons (Fsp3) is 0.519. The number of rotatable bonds is 10. The molecule has 0 aliphatic rings. The molecular weight excluding hydrogens is 418 g/mol. The van der Waals surface area contributed by atoms with Crippen LogP contribution in [0.3, 0.4) is 0 Å². The van der Waals surface area contributed by atoms with Crippen LogP contribution in [-0.4, -0.2) is 42.7 Å². The van der Waals surface area contributed by atoms with Crippen molar-refractivity contribution in [3.63, 3.8) is 0 Å². The Kier molecular flexibility index (Phi) is 11.1. The lowest BCUT2D eigenvalue weighted by molar-refractivity contribution is 0.295. The van der Waals surface area contributed by atoms with Gasteiger partial charge >= 0.3 is 0 Å². The molecule has 1 aromatic heterocycles. The van der Waals surface area contributed by atoms with Crippen molar-refractivity contribution in [1.82, 2.24) is 9.88 Å². The molecule has 1 N–H and O–H groups in total. The maximum atomic E-state index is 6.22. The predicted molar refractivity (Wildman–Crippen MR) is 141 cm³/mol. The molecular formula is C27H40ClN3O. The zero-order valence-corrected chi connectivity index (χ0v) is 21.4. The predicted octanol–water partition coefficient (Wildman–Crippen LogP) is 7.78. The molecule has 0 spiro atoms. The highest BCUT2D eigenvalue weighted by atomic mass is 35.5. The Hall–Kier alpha value is -2.04. The lowest BCUT2D eigenvalue weighted by Crippen LogP contribution is -2.25. The minimum absolute atomic E-state index is 0.353. The molecule has 1 heterocycles. The summed E-state index contributed by atoms with van der Waals surface area (Å²) in [5, 5.41) is 6.61. The first-order valence-electron chi connectivity index (χ1n) is 12.0. The SMILES string of the molecule is CCCC.CCN(CC)CCCC(C)Nc1c2ccc(Cl)cc2nc2ccc(OC)cc12. The number of nitrogens with zero attached hydrogens (tertiary/aromatic N) is 2. The second-order valence-electron chi connectivity index (χ2n) is 8.25. The molecule has 32 heavy (non-hydrogen) atoms. The van der Waals surface area contributed by atoms with E-state index in [1.165, 1.54) is 19.3 Å². The highest BCUT2D eigenvalue weighted by molar-refractivity contribution is 6.31. The Morgan fingerprint density at radius 1 is 0.969 bits per heavy atom. The minimum Gasteiger partial charge on any atom is -0.497 e. The monoisotopic (exact) mass is 457 g/mol. The van der Waals surface area contributed by atoms with Crippen molar-refractivity contribution in [3.05, 3.63) is 41.4 Å². The van der Waals surface area contributed by atoms with Crippen molar-refractivity contribution in [3.8, 4) is 5.75 Å².